The van der Waals surface area contributed by atoms with Crippen molar-refractivity contribution in [1.29, 1.82) is 0 Å². The Labute approximate surface area is 183 Å². The minimum atomic E-state index is -3.38. The largest absolute Gasteiger partial charge is 0.376 e. The van der Waals surface area contributed by atoms with Gasteiger partial charge in [-0.1, -0.05) is 0 Å². The lowest BCUT2D eigenvalue weighted by molar-refractivity contribution is 0.0931. The van der Waals surface area contributed by atoms with Crippen molar-refractivity contribution in [2.24, 2.45) is 5.92 Å². The minimum Gasteiger partial charge on any atom is -0.376 e. The van der Waals surface area contributed by atoms with E-state index in [1.165, 1.54) is 0 Å². The molecule has 9 nitrogen and oxygen atoms in total. The number of hydrogen-bond donors (Lipinski definition) is 0. The van der Waals surface area contributed by atoms with Crippen molar-refractivity contribution in [2.45, 2.75) is 50.0 Å². The maximum Gasteiger partial charge on any atom is 0.227 e. The number of rotatable bonds is 8. The van der Waals surface area contributed by atoms with E-state index in [-0.39, 0.29) is 17.0 Å². The zero-order chi connectivity index (χ0) is 21.3. The zero-order valence-electron chi connectivity index (χ0n) is 17.8. The van der Waals surface area contributed by atoms with Crippen LogP contribution in [0.25, 0.3) is 0 Å². The van der Waals surface area contributed by atoms with E-state index in [0.29, 0.717) is 19.0 Å². The Kier molecular flexibility index (Phi) is 5.94. The molecule has 5 rings (SSSR count). The van der Waals surface area contributed by atoms with Gasteiger partial charge < -0.3 is 14.2 Å². The van der Waals surface area contributed by atoms with Crippen molar-refractivity contribution in [3.8, 4) is 0 Å². The summed E-state index contributed by atoms with van der Waals surface area (Å²) in [5.74, 6) is 1.42. The van der Waals surface area contributed by atoms with E-state index < -0.39 is 9.84 Å². The van der Waals surface area contributed by atoms with Crippen LogP contribution >= 0.6 is 0 Å². The van der Waals surface area contributed by atoms with Crippen molar-refractivity contribution in [1.82, 2.24) is 24.4 Å². The van der Waals surface area contributed by atoms with Crippen LogP contribution in [0.1, 0.15) is 31.4 Å². The van der Waals surface area contributed by atoms with Crippen molar-refractivity contribution in [3.63, 3.8) is 0 Å². The second kappa shape index (κ2) is 8.84. The Morgan fingerprint density at radius 2 is 1.87 bits per heavy atom. The molecule has 0 radical (unpaired) electrons. The summed E-state index contributed by atoms with van der Waals surface area (Å²) in [4.78, 5) is 17.5. The molecule has 0 aromatic carbocycles. The second-order valence-electron chi connectivity index (χ2n) is 8.83. The molecule has 31 heavy (non-hydrogen) atoms. The van der Waals surface area contributed by atoms with Gasteiger partial charge in [0.15, 0.2) is 0 Å². The molecule has 0 N–H and O–H groups in total. The van der Waals surface area contributed by atoms with Crippen LogP contribution in [0.3, 0.4) is 0 Å². The van der Waals surface area contributed by atoms with Crippen LogP contribution in [-0.4, -0.2) is 77.5 Å². The molecule has 3 fully saturated rings. The molecule has 1 aliphatic carbocycles. The fourth-order valence-electron chi connectivity index (χ4n) is 4.44. The summed E-state index contributed by atoms with van der Waals surface area (Å²) in [6.07, 6.45) is 11.0. The van der Waals surface area contributed by atoms with E-state index in [1.807, 2.05) is 4.57 Å². The summed E-state index contributed by atoms with van der Waals surface area (Å²) < 4.78 is 33.8. The third-order valence-corrected chi connectivity index (χ3v) is 8.17. The first-order valence-corrected chi connectivity index (χ1v) is 12.9. The number of piperazine rings is 1. The molecule has 0 bridgehead atoms. The second-order valence-corrected chi connectivity index (χ2v) is 10.8. The third-order valence-electron chi connectivity index (χ3n) is 6.37. The number of hydrogen-bond acceptors (Lipinski definition) is 8. The van der Waals surface area contributed by atoms with Crippen LogP contribution < -0.4 is 4.90 Å². The highest BCUT2D eigenvalue weighted by Gasteiger charge is 2.33. The number of sulfone groups is 1. The first-order chi connectivity index (χ1) is 15.1. The molecule has 1 atom stereocenters. The summed E-state index contributed by atoms with van der Waals surface area (Å²) in [6.45, 7) is 5.50. The maximum absolute atomic E-state index is 13.0. The first-order valence-electron chi connectivity index (χ1n) is 11.2. The average Bonchev–Trinajstić information content (AvgIpc) is 3.26. The SMILES string of the molecule is O=S(=O)(CC1CC1)c1ncc(CN2CCN(c3cnccn3)CC2)n1C[C@H]1CCCO1. The van der Waals surface area contributed by atoms with E-state index >= 15 is 0 Å². The fourth-order valence-corrected chi connectivity index (χ4v) is 6.29. The number of nitrogens with zero attached hydrogens (tertiary/aromatic N) is 6. The molecule has 10 heteroatoms. The van der Waals surface area contributed by atoms with Crippen LogP contribution in [0.2, 0.25) is 0 Å². The maximum atomic E-state index is 13.0. The van der Waals surface area contributed by atoms with Crippen LogP contribution in [0.4, 0.5) is 5.82 Å². The third kappa shape index (κ3) is 4.91. The van der Waals surface area contributed by atoms with Gasteiger partial charge in [-0.15, -0.1) is 0 Å². The van der Waals surface area contributed by atoms with E-state index in [0.717, 1.165) is 70.0 Å². The van der Waals surface area contributed by atoms with Gasteiger partial charge in [0.1, 0.15) is 5.82 Å². The minimum absolute atomic E-state index is 0.0660. The molecular formula is C21H30N6O3S. The predicted octanol–water partition coefficient (Wildman–Crippen LogP) is 1.36. The predicted molar refractivity (Wildman–Crippen MR) is 115 cm³/mol. The van der Waals surface area contributed by atoms with Gasteiger partial charge in [-0.2, -0.15) is 0 Å². The Hall–Kier alpha value is -2.04. The van der Waals surface area contributed by atoms with Crippen molar-refractivity contribution in [2.75, 3.05) is 43.4 Å². The van der Waals surface area contributed by atoms with Gasteiger partial charge in [-0.05, 0) is 31.6 Å². The molecule has 0 spiro atoms. The average molecular weight is 447 g/mol. The quantitative estimate of drug-likeness (QED) is 0.600. The Bertz CT molecular complexity index is 978. The van der Waals surface area contributed by atoms with Crippen LogP contribution in [0, 0.1) is 5.92 Å². The van der Waals surface area contributed by atoms with Gasteiger partial charge >= 0.3 is 0 Å². The van der Waals surface area contributed by atoms with Gasteiger partial charge in [-0.3, -0.25) is 9.88 Å². The lowest BCUT2D eigenvalue weighted by atomic mass is 10.2. The monoisotopic (exact) mass is 446 g/mol. The highest BCUT2D eigenvalue weighted by molar-refractivity contribution is 7.91. The van der Waals surface area contributed by atoms with Gasteiger partial charge in [0.05, 0.1) is 36.5 Å². The smallest absolute Gasteiger partial charge is 0.227 e. The molecule has 2 saturated heterocycles. The number of aromatic nitrogens is 4. The van der Waals surface area contributed by atoms with Gasteiger partial charge in [0.2, 0.25) is 15.0 Å². The van der Waals surface area contributed by atoms with E-state index in [9.17, 15) is 8.42 Å². The van der Waals surface area contributed by atoms with Crippen LogP contribution in [0.5, 0.6) is 0 Å². The van der Waals surface area contributed by atoms with Gasteiger partial charge in [-0.25, -0.2) is 18.4 Å². The highest BCUT2D eigenvalue weighted by atomic mass is 32.2. The zero-order valence-corrected chi connectivity index (χ0v) is 18.6. The Morgan fingerprint density at radius 3 is 2.55 bits per heavy atom. The van der Waals surface area contributed by atoms with Crippen molar-refractivity contribution in [3.05, 3.63) is 30.5 Å². The molecule has 0 unspecified atom stereocenters. The lowest BCUT2D eigenvalue weighted by Gasteiger charge is -2.35. The van der Waals surface area contributed by atoms with E-state index in [1.54, 1.807) is 24.8 Å². The first kappa shape index (κ1) is 20.8. The summed E-state index contributed by atoms with van der Waals surface area (Å²) >= 11 is 0. The standard InChI is InChI=1S/C21H30N6O3S/c28-31(29,16-17-3-4-17)21-24-12-18(27(21)15-19-2-1-11-30-19)14-25-7-9-26(10-8-25)20-13-22-5-6-23-20/h5-6,12-13,17,19H,1-4,7-11,14-16H2/t19-/m1/s1. The Balaban J connectivity index is 1.30. The van der Waals surface area contributed by atoms with Crippen LogP contribution in [0.15, 0.2) is 29.9 Å². The summed E-state index contributed by atoms with van der Waals surface area (Å²) in [7, 11) is -3.38. The molecule has 3 aliphatic rings. The lowest BCUT2D eigenvalue weighted by Crippen LogP contribution is -2.46. The fraction of sp³-hybridized carbons (Fsp3) is 0.667. The molecular weight excluding hydrogens is 416 g/mol. The van der Waals surface area contributed by atoms with E-state index in [4.69, 9.17) is 4.74 Å². The Morgan fingerprint density at radius 1 is 1.03 bits per heavy atom. The summed E-state index contributed by atoms with van der Waals surface area (Å²) in [6, 6.07) is 0. The summed E-state index contributed by atoms with van der Waals surface area (Å²) in [5, 5.41) is 0.225. The topological polar surface area (TPSA) is 93.5 Å². The number of ether oxygens (including phenoxy) is 1. The van der Waals surface area contributed by atoms with Crippen molar-refractivity contribution >= 4 is 15.7 Å². The molecule has 2 aromatic rings. The molecule has 168 valence electrons. The van der Waals surface area contributed by atoms with Gasteiger partial charge in [0.25, 0.3) is 0 Å². The van der Waals surface area contributed by atoms with Crippen LogP contribution in [-0.2, 0) is 27.7 Å². The molecule has 2 aliphatic heterocycles. The van der Waals surface area contributed by atoms with E-state index in [2.05, 4.69) is 24.8 Å². The normalized spacial score (nSPS) is 22.8. The number of imidazole rings is 1. The highest BCUT2D eigenvalue weighted by Crippen LogP contribution is 2.32. The molecule has 4 heterocycles. The molecule has 1 saturated carbocycles. The van der Waals surface area contributed by atoms with Crippen molar-refractivity contribution < 1.29 is 13.2 Å². The number of anilines is 1. The molecule has 0 amide bonds. The summed E-state index contributed by atoms with van der Waals surface area (Å²) in [5.41, 5.74) is 0.956. The van der Waals surface area contributed by atoms with Gasteiger partial charge in [0, 0.05) is 51.7 Å². The molecule has 2 aromatic heterocycles.